The van der Waals surface area contributed by atoms with E-state index in [9.17, 15) is 5.26 Å². The van der Waals surface area contributed by atoms with Crippen LogP contribution in [0.15, 0.2) is 60.7 Å². The second kappa shape index (κ2) is 7.42. The maximum Gasteiger partial charge on any atom is 0.0998 e. The first kappa shape index (κ1) is 17.6. The Bertz CT molecular complexity index is 983. The Balaban J connectivity index is 1.64. The highest BCUT2D eigenvalue weighted by atomic mass is 15.6. The number of rotatable bonds is 4. The van der Waals surface area contributed by atoms with E-state index in [1.807, 2.05) is 18.2 Å². The van der Waals surface area contributed by atoms with E-state index in [-0.39, 0.29) is 0 Å². The topological polar surface area (TPSA) is 30.3 Å². The minimum absolute atomic E-state index is 0.562. The molecule has 1 aliphatic heterocycles. The van der Waals surface area contributed by atoms with Gasteiger partial charge in [-0.3, -0.25) is 0 Å². The van der Waals surface area contributed by atoms with Crippen LogP contribution in [0.2, 0.25) is 0 Å². The molecule has 0 aliphatic carbocycles. The highest BCUT2D eigenvalue weighted by molar-refractivity contribution is 5.97. The predicted molar refractivity (Wildman–Crippen MR) is 112 cm³/mol. The van der Waals surface area contributed by atoms with Crippen LogP contribution < -0.4 is 5.01 Å². The van der Waals surface area contributed by atoms with Crippen molar-refractivity contribution in [3.8, 4) is 6.07 Å². The van der Waals surface area contributed by atoms with Gasteiger partial charge in [0, 0.05) is 30.4 Å². The third-order valence-corrected chi connectivity index (χ3v) is 5.44. The lowest BCUT2D eigenvalue weighted by atomic mass is 10.0. The van der Waals surface area contributed by atoms with Gasteiger partial charge in [0.25, 0.3) is 0 Å². The molecule has 0 unspecified atom stereocenters. The summed E-state index contributed by atoms with van der Waals surface area (Å²) in [7, 11) is 0. The summed E-state index contributed by atoms with van der Waals surface area (Å²) in [6.45, 7) is 7.44. The standard InChI is InChI=1S/C24H25N3/c1-18(2)20-10-8-19(9-11-20)17-26-14-5-15-27(26)24-13-12-21(16-25)22-6-3-4-7-23(22)24/h3-4,6-13,18H,5,14-15,17H2,1-2H3. The number of hydrogen-bond donors (Lipinski definition) is 0. The average molecular weight is 355 g/mol. The van der Waals surface area contributed by atoms with Crippen molar-refractivity contribution in [2.45, 2.75) is 32.7 Å². The third-order valence-electron chi connectivity index (χ3n) is 5.44. The van der Waals surface area contributed by atoms with Gasteiger partial charge in [-0.05, 0) is 35.6 Å². The van der Waals surface area contributed by atoms with Gasteiger partial charge < -0.3 is 5.01 Å². The monoisotopic (exact) mass is 355 g/mol. The van der Waals surface area contributed by atoms with Gasteiger partial charge in [-0.2, -0.15) is 5.26 Å². The molecule has 0 spiro atoms. The summed E-state index contributed by atoms with van der Waals surface area (Å²) >= 11 is 0. The number of fused-ring (bicyclic) bond motifs is 1. The van der Waals surface area contributed by atoms with Gasteiger partial charge in [-0.15, -0.1) is 0 Å². The van der Waals surface area contributed by atoms with Crippen LogP contribution >= 0.6 is 0 Å². The van der Waals surface area contributed by atoms with Crippen molar-refractivity contribution < 1.29 is 0 Å². The Hall–Kier alpha value is -2.83. The van der Waals surface area contributed by atoms with Crippen molar-refractivity contribution in [2.24, 2.45) is 0 Å². The molecule has 1 saturated heterocycles. The Morgan fingerprint density at radius 1 is 0.926 bits per heavy atom. The summed E-state index contributed by atoms with van der Waals surface area (Å²) in [6.07, 6.45) is 1.15. The van der Waals surface area contributed by atoms with Crippen LogP contribution in [0.4, 0.5) is 5.69 Å². The normalized spacial score (nSPS) is 14.8. The number of hydrazine groups is 1. The maximum atomic E-state index is 9.43. The van der Waals surface area contributed by atoms with Gasteiger partial charge in [-0.1, -0.05) is 62.4 Å². The smallest absolute Gasteiger partial charge is 0.0998 e. The summed E-state index contributed by atoms with van der Waals surface area (Å²) in [6, 6.07) is 23.6. The van der Waals surface area contributed by atoms with E-state index in [1.165, 1.54) is 16.8 Å². The van der Waals surface area contributed by atoms with E-state index in [0.717, 1.165) is 42.4 Å². The van der Waals surface area contributed by atoms with Crippen molar-refractivity contribution >= 4 is 16.5 Å². The lowest BCUT2D eigenvalue weighted by Gasteiger charge is -2.31. The summed E-state index contributed by atoms with van der Waals surface area (Å²) in [5.74, 6) is 0.562. The molecule has 3 heteroatoms. The number of benzene rings is 3. The fraction of sp³-hybridized carbons (Fsp3) is 0.292. The van der Waals surface area contributed by atoms with Gasteiger partial charge in [0.05, 0.1) is 17.3 Å². The molecule has 3 nitrogen and oxygen atoms in total. The quantitative estimate of drug-likeness (QED) is 0.622. The molecule has 136 valence electrons. The van der Waals surface area contributed by atoms with Crippen LogP contribution in [0.25, 0.3) is 10.8 Å². The minimum Gasteiger partial charge on any atom is -0.305 e. The zero-order valence-electron chi connectivity index (χ0n) is 16.0. The first-order chi connectivity index (χ1) is 13.2. The highest BCUT2D eigenvalue weighted by Gasteiger charge is 2.24. The first-order valence-corrected chi connectivity index (χ1v) is 9.70. The summed E-state index contributed by atoms with van der Waals surface area (Å²) in [5, 5.41) is 16.4. The SMILES string of the molecule is CC(C)c1ccc(CN2CCCN2c2ccc(C#N)c3ccccc23)cc1. The fourth-order valence-electron chi connectivity index (χ4n) is 3.93. The first-order valence-electron chi connectivity index (χ1n) is 9.70. The van der Waals surface area contributed by atoms with Crippen molar-refractivity contribution in [2.75, 3.05) is 18.1 Å². The number of hydrogen-bond acceptors (Lipinski definition) is 3. The lowest BCUT2D eigenvalue weighted by Crippen LogP contribution is -2.36. The van der Waals surface area contributed by atoms with E-state index in [4.69, 9.17) is 0 Å². The van der Waals surface area contributed by atoms with Gasteiger partial charge in [-0.25, -0.2) is 5.01 Å². The molecule has 3 aromatic carbocycles. The lowest BCUT2D eigenvalue weighted by molar-refractivity contribution is 0.304. The average Bonchev–Trinajstić information content (AvgIpc) is 3.15. The molecule has 1 aliphatic rings. The van der Waals surface area contributed by atoms with Crippen LogP contribution in [-0.4, -0.2) is 18.1 Å². The van der Waals surface area contributed by atoms with E-state index >= 15 is 0 Å². The van der Waals surface area contributed by atoms with Crippen molar-refractivity contribution in [1.82, 2.24) is 5.01 Å². The van der Waals surface area contributed by atoms with Crippen LogP contribution in [0, 0.1) is 11.3 Å². The predicted octanol–water partition coefficient (Wildman–Crippen LogP) is 5.46. The Labute approximate surface area is 161 Å². The Morgan fingerprint density at radius 3 is 2.37 bits per heavy atom. The molecule has 0 amide bonds. The molecule has 4 rings (SSSR count). The second-order valence-corrected chi connectivity index (χ2v) is 7.55. The van der Waals surface area contributed by atoms with Crippen LogP contribution in [0.5, 0.6) is 0 Å². The molecule has 3 aromatic rings. The summed E-state index contributed by atoms with van der Waals surface area (Å²) in [5.41, 5.74) is 4.66. The minimum atomic E-state index is 0.562. The van der Waals surface area contributed by atoms with E-state index in [2.05, 4.69) is 72.4 Å². The van der Waals surface area contributed by atoms with Crippen molar-refractivity contribution in [1.29, 1.82) is 5.26 Å². The molecule has 1 fully saturated rings. The van der Waals surface area contributed by atoms with Crippen LogP contribution in [0.3, 0.4) is 0 Å². The van der Waals surface area contributed by atoms with E-state index in [1.54, 1.807) is 0 Å². The zero-order valence-corrected chi connectivity index (χ0v) is 16.0. The Kier molecular flexibility index (Phi) is 4.83. The molecule has 0 N–H and O–H groups in total. The Morgan fingerprint density at radius 2 is 1.67 bits per heavy atom. The largest absolute Gasteiger partial charge is 0.305 e. The molecular weight excluding hydrogens is 330 g/mol. The van der Waals surface area contributed by atoms with Crippen LogP contribution in [-0.2, 0) is 6.54 Å². The van der Waals surface area contributed by atoms with Crippen molar-refractivity contribution in [3.63, 3.8) is 0 Å². The summed E-state index contributed by atoms with van der Waals surface area (Å²) in [4.78, 5) is 0. The fourth-order valence-corrected chi connectivity index (χ4v) is 3.93. The third kappa shape index (κ3) is 3.41. The molecule has 0 radical (unpaired) electrons. The van der Waals surface area contributed by atoms with Gasteiger partial charge in [0.1, 0.15) is 0 Å². The number of nitrogens with zero attached hydrogens (tertiary/aromatic N) is 3. The van der Waals surface area contributed by atoms with Crippen LogP contribution in [0.1, 0.15) is 42.9 Å². The molecular formula is C24H25N3. The van der Waals surface area contributed by atoms with Gasteiger partial charge >= 0.3 is 0 Å². The van der Waals surface area contributed by atoms with Gasteiger partial charge in [0.2, 0.25) is 0 Å². The second-order valence-electron chi connectivity index (χ2n) is 7.55. The van der Waals surface area contributed by atoms with E-state index < -0.39 is 0 Å². The maximum absolute atomic E-state index is 9.43. The number of anilines is 1. The highest BCUT2D eigenvalue weighted by Crippen LogP contribution is 2.32. The van der Waals surface area contributed by atoms with Crippen molar-refractivity contribution in [3.05, 3.63) is 77.4 Å². The molecule has 1 heterocycles. The molecule has 0 bridgehead atoms. The summed E-state index contributed by atoms with van der Waals surface area (Å²) < 4.78 is 0. The molecule has 0 aromatic heterocycles. The zero-order chi connectivity index (χ0) is 18.8. The molecule has 27 heavy (non-hydrogen) atoms. The van der Waals surface area contributed by atoms with E-state index in [0.29, 0.717) is 5.92 Å². The number of nitriles is 1. The van der Waals surface area contributed by atoms with Gasteiger partial charge in [0.15, 0.2) is 0 Å². The molecule has 0 atom stereocenters. The molecule has 0 saturated carbocycles.